The van der Waals surface area contributed by atoms with Gasteiger partial charge in [0.25, 0.3) is 5.91 Å². The van der Waals surface area contributed by atoms with Crippen molar-refractivity contribution in [3.8, 4) is 11.1 Å². The van der Waals surface area contributed by atoms with E-state index >= 15 is 0 Å². The summed E-state index contributed by atoms with van der Waals surface area (Å²) in [6, 6.07) is 21.7. The summed E-state index contributed by atoms with van der Waals surface area (Å²) in [5, 5.41) is 2.97. The number of hydrogen-bond acceptors (Lipinski definition) is 3. The van der Waals surface area contributed by atoms with Gasteiger partial charge in [-0.2, -0.15) is 0 Å². The Kier molecular flexibility index (Phi) is 5.41. The Hall–Kier alpha value is -3.05. The van der Waals surface area contributed by atoms with Crippen molar-refractivity contribution in [2.45, 2.75) is 18.2 Å². The third-order valence-electron chi connectivity index (χ3n) is 5.14. The van der Waals surface area contributed by atoms with E-state index in [1.807, 2.05) is 54.6 Å². The smallest absolute Gasteiger partial charge is 0.255 e. The zero-order chi connectivity index (χ0) is 20.4. The molecule has 4 rings (SSSR count). The van der Waals surface area contributed by atoms with Crippen molar-refractivity contribution in [2.24, 2.45) is 0 Å². The predicted octanol–water partition coefficient (Wildman–Crippen LogP) is 5.24. The molecule has 1 aliphatic rings. The second-order valence-electron chi connectivity index (χ2n) is 6.97. The van der Waals surface area contributed by atoms with Crippen LogP contribution in [-0.2, 0) is 11.2 Å². The number of anilines is 2. The summed E-state index contributed by atoms with van der Waals surface area (Å²) < 4.78 is 0. The summed E-state index contributed by atoms with van der Waals surface area (Å²) in [4.78, 5) is 27.5. The molecule has 0 unspecified atom stereocenters. The number of thioether (sulfide) groups is 1. The highest BCUT2D eigenvalue weighted by Gasteiger charge is 2.22. The summed E-state index contributed by atoms with van der Waals surface area (Å²) in [5.41, 5.74) is 5.57. The molecule has 29 heavy (non-hydrogen) atoms. The minimum absolute atomic E-state index is 0.0649. The fraction of sp³-hybridized carbons (Fsp3) is 0.167. The molecule has 3 aromatic rings. The third kappa shape index (κ3) is 3.91. The second-order valence-corrected chi connectivity index (χ2v) is 7.99. The van der Waals surface area contributed by atoms with E-state index in [0.717, 1.165) is 33.7 Å². The number of hydrogen-bond donors (Lipinski definition) is 1. The Morgan fingerprint density at radius 1 is 1.07 bits per heavy atom. The van der Waals surface area contributed by atoms with Gasteiger partial charge in [0.2, 0.25) is 5.91 Å². The predicted molar refractivity (Wildman–Crippen MR) is 120 cm³/mol. The van der Waals surface area contributed by atoms with E-state index in [2.05, 4.69) is 24.4 Å². The van der Waals surface area contributed by atoms with Crippen molar-refractivity contribution in [1.29, 1.82) is 0 Å². The molecule has 1 aliphatic heterocycles. The Morgan fingerprint density at radius 3 is 2.62 bits per heavy atom. The number of carbonyl (C=O) groups excluding carboxylic acids is 2. The molecule has 4 nitrogen and oxygen atoms in total. The van der Waals surface area contributed by atoms with E-state index in [1.165, 1.54) is 11.8 Å². The van der Waals surface area contributed by atoms with Crippen LogP contribution >= 0.6 is 11.8 Å². The first kappa shape index (κ1) is 19.3. The van der Waals surface area contributed by atoms with Gasteiger partial charge in [-0.3, -0.25) is 9.59 Å². The minimum Gasteiger partial charge on any atom is -0.322 e. The molecule has 5 heteroatoms. The summed E-state index contributed by atoms with van der Waals surface area (Å²) in [5.74, 6) is 0.356. The number of carbonyl (C=O) groups is 2. The van der Waals surface area contributed by atoms with Gasteiger partial charge in [-0.1, -0.05) is 43.3 Å². The Morgan fingerprint density at radius 2 is 1.86 bits per heavy atom. The summed E-state index contributed by atoms with van der Waals surface area (Å²) in [6.07, 6.45) is 0.842. The van der Waals surface area contributed by atoms with Crippen molar-refractivity contribution in [1.82, 2.24) is 0 Å². The molecule has 0 radical (unpaired) electrons. The molecule has 0 aliphatic carbocycles. The Balaban J connectivity index is 1.58. The first-order valence-corrected chi connectivity index (χ1v) is 10.6. The number of nitrogens with one attached hydrogen (secondary N) is 1. The summed E-state index contributed by atoms with van der Waals surface area (Å²) in [7, 11) is 1.77. The van der Waals surface area contributed by atoms with E-state index in [9.17, 15) is 9.59 Å². The lowest BCUT2D eigenvalue weighted by Crippen LogP contribution is -2.31. The number of rotatable bonds is 4. The molecule has 0 bridgehead atoms. The van der Waals surface area contributed by atoms with Gasteiger partial charge in [-0.05, 0) is 53.4 Å². The first-order chi connectivity index (χ1) is 14.1. The number of fused-ring (bicyclic) bond motifs is 1. The van der Waals surface area contributed by atoms with Gasteiger partial charge in [0.15, 0.2) is 0 Å². The number of nitrogens with zero attached hydrogens (tertiary/aromatic N) is 1. The topological polar surface area (TPSA) is 49.4 Å². The lowest BCUT2D eigenvalue weighted by Gasteiger charge is -2.25. The largest absolute Gasteiger partial charge is 0.322 e. The van der Waals surface area contributed by atoms with Crippen molar-refractivity contribution in [3.05, 3.63) is 77.9 Å². The fourth-order valence-electron chi connectivity index (χ4n) is 3.48. The standard InChI is InChI=1S/C24H22N2O2S/c1-3-16-13-18(9-11-20(16)17-7-5-4-6-8-17)24(28)25-19-10-12-22-21(14-19)26(2)23(27)15-29-22/h4-14H,3,15H2,1-2H3,(H,25,28). The minimum atomic E-state index is -0.156. The van der Waals surface area contributed by atoms with Gasteiger partial charge < -0.3 is 10.2 Å². The Bertz CT molecular complexity index is 1080. The van der Waals surface area contributed by atoms with Crippen LogP contribution in [0.3, 0.4) is 0 Å². The zero-order valence-electron chi connectivity index (χ0n) is 16.4. The number of benzene rings is 3. The van der Waals surface area contributed by atoms with Crippen LogP contribution < -0.4 is 10.2 Å². The molecule has 146 valence electrons. The fourth-order valence-corrected chi connectivity index (χ4v) is 4.46. The Labute approximate surface area is 174 Å². The van der Waals surface area contributed by atoms with Gasteiger partial charge in [0.1, 0.15) is 0 Å². The van der Waals surface area contributed by atoms with Crippen LogP contribution in [0, 0.1) is 0 Å². The molecular weight excluding hydrogens is 380 g/mol. The van der Waals surface area contributed by atoms with E-state index < -0.39 is 0 Å². The van der Waals surface area contributed by atoms with Gasteiger partial charge in [-0.15, -0.1) is 11.8 Å². The molecule has 0 saturated heterocycles. The van der Waals surface area contributed by atoms with Crippen LogP contribution in [0.25, 0.3) is 11.1 Å². The van der Waals surface area contributed by atoms with E-state index in [4.69, 9.17) is 0 Å². The van der Waals surface area contributed by atoms with Crippen molar-refractivity contribution in [3.63, 3.8) is 0 Å². The lowest BCUT2D eigenvalue weighted by molar-refractivity contribution is -0.116. The SMILES string of the molecule is CCc1cc(C(=O)Nc2ccc3c(c2)N(C)C(=O)CS3)ccc1-c1ccccc1. The molecule has 0 saturated carbocycles. The van der Waals surface area contributed by atoms with Crippen LogP contribution in [-0.4, -0.2) is 24.6 Å². The highest BCUT2D eigenvalue weighted by molar-refractivity contribution is 8.00. The molecule has 1 heterocycles. The van der Waals surface area contributed by atoms with Crippen LogP contribution in [0.4, 0.5) is 11.4 Å². The highest BCUT2D eigenvalue weighted by atomic mass is 32.2. The molecule has 0 atom stereocenters. The number of amides is 2. The van der Waals surface area contributed by atoms with Crippen molar-refractivity contribution >= 4 is 35.0 Å². The number of aryl methyl sites for hydroxylation is 1. The van der Waals surface area contributed by atoms with E-state index in [0.29, 0.717) is 17.0 Å². The molecule has 0 spiro atoms. The second kappa shape index (κ2) is 8.13. The van der Waals surface area contributed by atoms with Gasteiger partial charge in [-0.25, -0.2) is 0 Å². The van der Waals surface area contributed by atoms with Crippen LogP contribution in [0.5, 0.6) is 0 Å². The molecule has 1 N–H and O–H groups in total. The average Bonchev–Trinajstić information content (AvgIpc) is 2.76. The molecule has 0 fully saturated rings. The monoisotopic (exact) mass is 402 g/mol. The van der Waals surface area contributed by atoms with Gasteiger partial charge >= 0.3 is 0 Å². The maximum absolute atomic E-state index is 12.8. The van der Waals surface area contributed by atoms with Crippen molar-refractivity contribution in [2.75, 3.05) is 23.0 Å². The van der Waals surface area contributed by atoms with E-state index in [-0.39, 0.29) is 11.8 Å². The van der Waals surface area contributed by atoms with Crippen LogP contribution in [0.2, 0.25) is 0 Å². The molecule has 0 aromatic heterocycles. The van der Waals surface area contributed by atoms with Crippen molar-refractivity contribution < 1.29 is 9.59 Å². The quantitative estimate of drug-likeness (QED) is 0.649. The first-order valence-electron chi connectivity index (χ1n) is 9.60. The zero-order valence-corrected chi connectivity index (χ0v) is 17.3. The molecule has 2 amide bonds. The molecular formula is C24H22N2O2S. The van der Waals surface area contributed by atoms with E-state index in [1.54, 1.807) is 11.9 Å². The van der Waals surface area contributed by atoms with Crippen LogP contribution in [0.1, 0.15) is 22.8 Å². The summed E-state index contributed by atoms with van der Waals surface area (Å²) >= 11 is 1.53. The van der Waals surface area contributed by atoms with Gasteiger partial charge in [0, 0.05) is 23.2 Å². The lowest BCUT2D eigenvalue weighted by atomic mass is 9.96. The van der Waals surface area contributed by atoms with Crippen LogP contribution in [0.15, 0.2) is 71.6 Å². The normalized spacial score (nSPS) is 13.2. The summed E-state index contributed by atoms with van der Waals surface area (Å²) in [6.45, 7) is 2.09. The maximum Gasteiger partial charge on any atom is 0.255 e. The van der Waals surface area contributed by atoms with Gasteiger partial charge in [0.05, 0.1) is 11.4 Å². The highest BCUT2D eigenvalue weighted by Crippen LogP contribution is 2.36. The molecule has 3 aromatic carbocycles. The average molecular weight is 403 g/mol. The third-order valence-corrected chi connectivity index (χ3v) is 6.18. The maximum atomic E-state index is 12.8.